The second-order valence-corrected chi connectivity index (χ2v) is 13.3. The van der Waals surface area contributed by atoms with Gasteiger partial charge in [-0.15, -0.1) is 22.7 Å². The Kier molecular flexibility index (Phi) is 7.46. The van der Waals surface area contributed by atoms with Gasteiger partial charge in [0.15, 0.2) is 0 Å². The third-order valence-corrected chi connectivity index (χ3v) is 9.67. The monoisotopic (exact) mass is 536 g/mol. The Balaban J connectivity index is 1.39. The number of carbonyl (C=O) groups is 2. The fourth-order valence-corrected chi connectivity index (χ4v) is 8.15. The molecule has 2 aromatic heterocycles. The quantitative estimate of drug-likeness (QED) is 0.327. The van der Waals surface area contributed by atoms with E-state index < -0.39 is 5.60 Å². The van der Waals surface area contributed by atoms with Gasteiger partial charge in [-0.3, -0.25) is 5.32 Å². The summed E-state index contributed by atoms with van der Waals surface area (Å²) >= 11 is 3.41. The van der Waals surface area contributed by atoms with Crippen molar-refractivity contribution in [2.45, 2.75) is 91.2 Å². The molecular formula is C30H36N2O3S2. The van der Waals surface area contributed by atoms with Crippen LogP contribution in [0.1, 0.15) is 88.8 Å². The first-order valence-corrected chi connectivity index (χ1v) is 15.0. The van der Waals surface area contributed by atoms with Gasteiger partial charge in [0.25, 0.3) is 0 Å². The van der Waals surface area contributed by atoms with Crippen LogP contribution in [-0.2, 0) is 37.0 Å². The van der Waals surface area contributed by atoms with Crippen LogP contribution in [0.2, 0.25) is 0 Å². The van der Waals surface area contributed by atoms with Crippen molar-refractivity contribution in [2.75, 3.05) is 5.32 Å². The van der Waals surface area contributed by atoms with Crippen molar-refractivity contribution in [3.8, 4) is 10.4 Å². The van der Waals surface area contributed by atoms with Gasteiger partial charge < -0.3 is 10.1 Å². The molecule has 0 spiro atoms. The zero-order chi connectivity index (χ0) is 26.2. The minimum atomic E-state index is -0.593. The molecule has 2 aliphatic carbocycles. The van der Waals surface area contributed by atoms with E-state index in [1.54, 1.807) is 0 Å². The average molecular weight is 537 g/mol. The Bertz CT molecular complexity index is 1330. The van der Waals surface area contributed by atoms with Crippen LogP contribution in [0.4, 0.5) is 9.80 Å². The summed E-state index contributed by atoms with van der Waals surface area (Å²) in [5.74, 6) is -0.351. The molecule has 2 heterocycles. The molecule has 3 aromatic rings. The number of amides is 2. The van der Waals surface area contributed by atoms with Gasteiger partial charge in [0.2, 0.25) is 0 Å². The number of fused-ring (bicyclic) bond motifs is 2. The molecule has 2 amide bonds. The van der Waals surface area contributed by atoms with Crippen LogP contribution >= 0.6 is 22.7 Å². The van der Waals surface area contributed by atoms with Gasteiger partial charge in [-0.2, -0.15) is 0 Å². The summed E-state index contributed by atoms with van der Waals surface area (Å²) in [7, 11) is 0. The molecule has 0 atom stereocenters. The maximum atomic E-state index is 13.2. The number of nitrogens with one attached hydrogen (secondary N) is 2. The summed E-state index contributed by atoms with van der Waals surface area (Å²) in [6.07, 6.45) is 8.56. The molecule has 0 aliphatic heterocycles. The van der Waals surface area contributed by atoms with Gasteiger partial charge in [-0.05, 0) is 107 Å². The molecule has 0 unspecified atom stereocenters. The summed E-state index contributed by atoms with van der Waals surface area (Å²) in [5, 5.41) is 6.74. The van der Waals surface area contributed by atoms with E-state index >= 15 is 0 Å². The minimum Gasteiger partial charge on any atom is -0.456 e. The number of esters is 1. The second-order valence-electron chi connectivity index (χ2n) is 11.1. The van der Waals surface area contributed by atoms with E-state index in [2.05, 4.69) is 41.8 Å². The third kappa shape index (κ3) is 5.63. The van der Waals surface area contributed by atoms with Crippen molar-refractivity contribution in [2.24, 2.45) is 0 Å². The average Bonchev–Trinajstić information content (AvgIpc) is 3.39. The Morgan fingerprint density at radius 1 is 0.919 bits per heavy atom. The number of urea groups is 1. The van der Waals surface area contributed by atoms with Gasteiger partial charge in [-0.25, -0.2) is 9.59 Å². The number of aryl methyl sites for hydroxylation is 3. The van der Waals surface area contributed by atoms with Gasteiger partial charge in [0.05, 0.1) is 5.56 Å². The molecule has 0 saturated carbocycles. The maximum Gasteiger partial charge on any atom is 0.341 e. The highest BCUT2D eigenvalue weighted by atomic mass is 32.1. The third-order valence-electron chi connectivity index (χ3n) is 7.10. The number of hydrogen-bond acceptors (Lipinski definition) is 5. The molecule has 2 N–H and O–H groups in total. The number of ether oxygens (including phenoxy) is 1. The van der Waals surface area contributed by atoms with Crippen molar-refractivity contribution in [3.05, 3.63) is 61.8 Å². The number of benzene rings is 1. The lowest BCUT2D eigenvalue weighted by Gasteiger charge is -2.21. The summed E-state index contributed by atoms with van der Waals surface area (Å²) < 4.78 is 5.72. The molecule has 0 fully saturated rings. The van der Waals surface area contributed by atoms with Gasteiger partial charge in [-0.1, -0.05) is 24.3 Å². The topological polar surface area (TPSA) is 67.4 Å². The van der Waals surface area contributed by atoms with E-state index in [0.717, 1.165) is 44.1 Å². The summed E-state index contributed by atoms with van der Waals surface area (Å²) in [6.45, 7) is 8.23. The van der Waals surface area contributed by atoms with Crippen molar-refractivity contribution in [1.82, 2.24) is 5.32 Å². The fraction of sp³-hybridized carbons (Fsp3) is 0.467. The van der Waals surface area contributed by atoms with Crippen LogP contribution in [0.15, 0.2) is 24.3 Å². The lowest BCUT2D eigenvalue weighted by Crippen LogP contribution is -2.30. The Hall–Kier alpha value is -2.64. The standard InChI is InChI=1S/C30H36N2O3S2/c1-18-11-5-6-12-19(18)26-22(20-13-7-9-15-23(20)36-26)17-31-29(34)32-27-25(28(33)35-30(2,3)4)21-14-8-10-16-24(21)37-27/h5-6,11-12H,7-10,13-17H2,1-4H3,(H2,31,32,34). The van der Waals surface area contributed by atoms with Crippen LogP contribution in [-0.4, -0.2) is 17.6 Å². The van der Waals surface area contributed by atoms with E-state index in [4.69, 9.17) is 4.74 Å². The predicted octanol–water partition coefficient (Wildman–Crippen LogP) is 7.82. The lowest BCUT2D eigenvalue weighted by molar-refractivity contribution is 0.00699. The van der Waals surface area contributed by atoms with Crippen LogP contribution in [0.3, 0.4) is 0 Å². The Morgan fingerprint density at radius 3 is 2.27 bits per heavy atom. The molecular weight excluding hydrogens is 500 g/mol. The first kappa shape index (κ1) is 26.0. The normalized spacial score (nSPS) is 15.0. The molecule has 37 heavy (non-hydrogen) atoms. The molecule has 5 nitrogen and oxygen atoms in total. The van der Waals surface area contributed by atoms with E-state index in [9.17, 15) is 9.59 Å². The number of anilines is 1. The summed E-state index contributed by atoms with van der Waals surface area (Å²) in [5.41, 5.74) is 6.14. The smallest absolute Gasteiger partial charge is 0.341 e. The summed E-state index contributed by atoms with van der Waals surface area (Å²) in [4.78, 5) is 30.3. The molecule has 0 radical (unpaired) electrons. The highest BCUT2D eigenvalue weighted by molar-refractivity contribution is 7.17. The Morgan fingerprint density at radius 2 is 1.57 bits per heavy atom. The second kappa shape index (κ2) is 10.6. The van der Waals surface area contributed by atoms with Crippen LogP contribution < -0.4 is 10.6 Å². The van der Waals surface area contributed by atoms with Crippen molar-refractivity contribution in [1.29, 1.82) is 0 Å². The number of thiophene rings is 2. The molecule has 2 aliphatic rings. The van der Waals surface area contributed by atoms with Gasteiger partial charge in [0.1, 0.15) is 10.6 Å². The van der Waals surface area contributed by atoms with E-state index in [1.165, 1.54) is 61.1 Å². The first-order chi connectivity index (χ1) is 17.7. The van der Waals surface area contributed by atoms with Crippen LogP contribution in [0.5, 0.6) is 0 Å². The highest BCUT2D eigenvalue weighted by Crippen LogP contribution is 2.42. The zero-order valence-electron chi connectivity index (χ0n) is 22.2. The van der Waals surface area contributed by atoms with Crippen LogP contribution in [0, 0.1) is 6.92 Å². The largest absolute Gasteiger partial charge is 0.456 e. The van der Waals surface area contributed by atoms with Gasteiger partial charge >= 0.3 is 12.0 Å². The molecule has 5 rings (SSSR count). The molecule has 1 aromatic carbocycles. The van der Waals surface area contributed by atoms with Crippen molar-refractivity contribution < 1.29 is 14.3 Å². The fourth-order valence-electron chi connectivity index (χ4n) is 5.38. The summed E-state index contributed by atoms with van der Waals surface area (Å²) in [6, 6.07) is 8.20. The predicted molar refractivity (Wildman–Crippen MR) is 153 cm³/mol. The van der Waals surface area contributed by atoms with Crippen molar-refractivity contribution in [3.63, 3.8) is 0 Å². The van der Waals surface area contributed by atoms with E-state index in [-0.39, 0.29) is 12.0 Å². The van der Waals surface area contributed by atoms with Gasteiger partial charge in [0, 0.05) is 21.2 Å². The van der Waals surface area contributed by atoms with Crippen LogP contribution in [0.25, 0.3) is 10.4 Å². The maximum absolute atomic E-state index is 13.2. The number of carbonyl (C=O) groups excluding carboxylic acids is 2. The van der Waals surface area contributed by atoms with E-state index in [0.29, 0.717) is 17.1 Å². The number of rotatable bonds is 5. The zero-order valence-corrected chi connectivity index (χ0v) is 23.8. The molecule has 196 valence electrons. The SMILES string of the molecule is Cc1ccccc1-c1sc2c(c1CNC(=O)Nc1sc3c(c1C(=O)OC(C)(C)C)CCCC3)CCCC2. The molecule has 0 bridgehead atoms. The Labute approximate surface area is 227 Å². The molecule has 7 heteroatoms. The van der Waals surface area contributed by atoms with Crippen molar-refractivity contribution >= 4 is 39.7 Å². The highest BCUT2D eigenvalue weighted by Gasteiger charge is 2.30. The number of hydrogen-bond donors (Lipinski definition) is 2. The molecule has 0 saturated heterocycles. The van der Waals surface area contributed by atoms with E-state index in [1.807, 2.05) is 32.1 Å². The minimum absolute atomic E-state index is 0.283. The first-order valence-electron chi connectivity index (χ1n) is 13.3. The lowest BCUT2D eigenvalue weighted by atomic mass is 9.93.